The Labute approximate surface area is 944 Å². The molecule has 19 aromatic heterocycles. The van der Waals surface area contributed by atoms with Crippen LogP contribution in [0.3, 0.4) is 0 Å². The molecular weight excluding hydrogens is 3110 g/mol. The Bertz CT molecular complexity index is 6810. The Morgan fingerprint density at radius 1 is 0.347 bits per heavy atom. The van der Waals surface area contributed by atoms with E-state index in [-0.39, 0.29) is 361 Å². The van der Waals surface area contributed by atoms with Gasteiger partial charge in [-0.15, -0.1) is 167 Å². The van der Waals surface area contributed by atoms with Crippen LogP contribution in [0.1, 0.15) is 24.6 Å². The molecule has 26 rings (SSSR count). The quantitative estimate of drug-likeness (QED) is 0.138. The van der Waals surface area contributed by atoms with Gasteiger partial charge in [0, 0.05) is 359 Å². The van der Waals surface area contributed by atoms with Crippen LogP contribution in [0.2, 0.25) is 0 Å². The van der Waals surface area contributed by atoms with E-state index in [1.807, 2.05) is 178 Å². The first-order valence-electron chi connectivity index (χ1n) is 33.0. The third-order valence-electron chi connectivity index (χ3n) is 18.2. The minimum Gasteiger partial charge on any atom is -0.358 e. The molecule has 0 aliphatic rings. The first-order chi connectivity index (χ1) is 52.5. The van der Waals surface area contributed by atoms with Gasteiger partial charge >= 0.3 is 0 Å². The molecule has 0 fully saturated rings. The van der Waals surface area contributed by atoms with Crippen molar-refractivity contribution in [1.82, 2.24) is 150 Å². The number of para-hydroxylation sites is 2. The van der Waals surface area contributed by atoms with Crippen LogP contribution in [-0.4, -0.2) is 150 Å². The van der Waals surface area contributed by atoms with Gasteiger partial charge in [-0.2, -0.15) is 15.3 Å². The zero-order chi connectivity index (χ0) is 70.1. The minimum atomic E-state index is 0. The third-order valence-corrected chi connectivity index (χ3v) is 19.7. The normalized spacial score (nSPS) is 10.2. The van der Waals surface area contributed by atoms with Crippen molar-refractivity contribution < 1.29 is 317 Å². The van der Waals surface area contributed by atoms with Gasteiger partial charge < -0.3 is 71.0 Å². The summed E-state index contributed by atoms with van der Waals surface area (Å²) in [5, 5.41) is 49.3. The van der Waals surface area contributed by atoms with Gasteiger partial charge in [0.2, 0.25) is 17.3 Å². The second kappa shape index (κ2) is 48.5. The maximum Gasteiger partial charge on any atom is 0.259 e. The fourth-order valence-electron chi connectivity index (χ4n) is 13.6. The maximum absolute atomic E-state index is 4.96. The monoisotopic (exact) mass is 3180 g/mol. The Balaban J connectivity index is 0.000000377. The van der Waals surface area contributed by atoms with Crippen molar-refractivity contribution in [2.24, 2.45) is 0 Å². The van der Waals surface area contributed by atoms with E-state index in [1.165, 1.54) is 17.5 Å². The Hall–Kier alpha value is -4.69. The van der Waals surface area contributed by atoms with Crippen molar-refractivity contribution in [3.05, 3.63) is 306 Å². The summed E-state index contributed by atoms with van der Waals surface area (Å²) in [6.07, 6.45) is 21.1. The minimum absolute atomic E-state index is 0. The van der Waals surface area contributed by atoms with Crippen LogP contribution < -0.4 is 0 Å². The van der Waals surface area contributed by atoms with Crippen molar-refractivity contribution in [1.29, 1.82) is 0 Å². The Morgan fingerprint density at radius 3 is 1.36 bits per heavy atom. The molecule has 0 saturated heterocycles. The van der Waals surface area contributed by atoms with Crippen LogP contribution >= 0.6 is 11.3 Å². The molecule has 626 valence electrons. The van der Waals surface area contributed by atoms with Gasteiger partial charge in [-0.05, 0) is 84.1 Å². The molecule has 0 saturated carbocycles. The molecule has 0 aliphatic carbocycles. The number of hydrogen-bond acceptors (Lipinski definition) is 20. The molecule has 0 amide bonds. The first kappa shape index (κ1) is 113. The van der Waals surface area contributed by atoms with Gasteiger partial charge in [-0.25, -0.2) is 28.0 Å². The first-order valence-corrected chi connectivity index (χ1v) is 33.8. The van der Waals surface area contributed by atoms with Crippen molar-refractivity contribution in [3.63, 3.8) is 0 Å². The van der Waals surface area contributed by atoms with E-state index in [9.17, 15) is 0 Å². The van der Waals surface area contributed by atoms with E-state index in [1.54, 1.807) is 49.2 Å². The van der Waals surface area contributed by atoms with Crippen molar-refractivity contribution >= 4 is 166 Å². The molecule has 0 unspecified atom stereocenters. The van der Waals surface area contributed by atoms with E-state index >= 15 is 0 Å². The standard InChI is InChI=1S/C21H15N4S.2C12H7N4.2C10H5N6.C9H4N7.6CH3.6Ir.6Y/c1-12(2)18-11-15-20(26-18)25-19(22-15)13-7-3-5-9-16(13)24-17-10-6-4-8-14(17)23-21(24)25;1-2-4-10-9(3-1)12-14-5-6-15(12)11-7-13-8-16(10)11;1-2-4-10-9(3-1)12-13-7-8-15(12)11-5-6-14-16(10)11;1-2-4-8-7(3-1)9-11-5-13-16(9)10-14-12-6-15(8)10;1-2-4-8-7(3-1)9-11-5-6-15(9)10-12-13-14-16(8)10;1-2-4-7-6(3-1)8-10-5-11-16(8)9-12-13-14-15(7)9;;;;;;;;;;;;;;;;;;/h3-6,8-12H,1-2H3;2*1-2,4-8H;2*1-2,4-6H;1-2,4-5H;6*1H3;;;;;;;;;;;;/q12*-1;;;;;;;;;;;;. The molecule has 0 spiro atoms. The molecule has 31 nitrogen and oxygen atoms in total. The van der Waals surface area contributed by atoms with E-state index < -0.39 is 0 Å². The summed E-state index contributed by atoms with van der Waals surface area (Å²) in [7, 11) is 0. The number of tetrazole rings is 2. The number of rotatable bonds is 1. The van der Waals surface area contributed by atoms with Gasteiger partial charge in [0.1, 0.15) is 35.1 Å². The third kappa shape index (κ3) is 19.6. The number of imidazole rings is 6. The summed E-state index contributed by atoms with van der Waals surface area (Å²) in [5.74, 6) is 3.25. The molecule has 19 heterocycles. The predicted octanol–water partition coefficient (Wildman–Crippen LogP) is 13.5. The average molecular weight is 3180 g/mol. The van der Waals surface area contributed by atoms with E-state index in [2.05, 4.69) is 182 Å². The summed E-state index contributed by atoms with van der Waals surface area (Å²) in [6.45, 7) is 4.44. The summed E-state index contributed by atoms with van der Waals surface area (Å²) < 4.78 is 22.7. The van der Waals surface area contributed by atoms with Crippen LogP contribution in [0.4, 0.5) is 0 Å². The largest absolute Gasteiger partial charge is 0.358 e. The average Bonchev–Trinajstić information content (AvgIpc) is 1.60. The van der Waals surface area contributed by atoms with Crippen LogP contribution in [0.15, 0.2) is 220 Å². The molecule has 44 heteroatoms. The number of aromatic nitrogens is 31. The second-order valence-electron chi connectivity index (χ2n) is 24.4. The SMILES string of the molecule is CC(C)c1cc2nc3c4[c-]cccc4n4c5ccccc5nc4n3c2s1.[CH3-].[CH3-].[CH3-].[CH3-].[CH3-].[CH3-].[Ir].[Ir].[Ir].[Ir].[Ir].[Ir].[Y].[Y].[Y].[Y].[Y].[Y].[c-]1cccc2c1c1nccn1c1ccnn21.[c-]1cccc2c1c1nccn1c1cncn21.[c-]1cccc2c1c1nccn1c1nnnn21.[c-]1cccc2c1c1ncnn1c1nncn21.[c-]1cccc2c1c1ncnn1c1nnnn21. The molecular formula is C80H61Ir6N31SY6-12. The zero-order valence-electron chi connectivity index (χ0n) is 66.6. The van der Waals surface area contributed by atoms with E-state index in [4.69, 9.17) is 9.97 Å². The van der Waals surface area contributed by atoms with E-state index in [0.29, 0.717) is 28.9 Å². The number of hydrogen-bond donors (Lipinski definition) is 0. The topological polar surface area (TPSA) is 298 Å². The van der Waals surface area contributed by atoms with Crippen LogP contribution in [0.5, 0.6) is 0 Å². The number of benzene rings is 7. The molecule has 0 N–H and O–H groups in total. The predicted molar refractivity (Wildman–Crippen MR) is 432 cm³/mol. The van der Waals surface area contributed by atoms with Crippen LogP contribution in [0.25, 0.3) is 155 Å². The smallest absolute Gasteiger partial charge is 0.259 e. The van der Waals surface area contributed by atoms with Gasteiger partial charge in [0.25, 0.3) is 5.78 Å². The number of fused-ring (bicyclic) bond motifs is 40. The molecule has 0 bridgehead atoms. The molecule has 0 atom stereocenters. The summed E-state index contributed by atoms with van der Waals surface area (Å²) in [5.41, 5.74) is 16.1. The van der Waals surface area contributed by atoms with Crippen molar-refractivity contribution in [3.8, 4) is 0 Å². The van der Waals surface area contributed by atoms with Crippen molar-refractivity contribution in [2.75, 3.05) is 0 Å². The molecule has 26 aromatic rings. The Morgan fingerprint density at radius 2 is 0.790 bits per heavy atom. The van der Waals surface area contributed by atoms with Crippen molar-refractivity contribution in [2.45, 2.75) is 19.8 Å². The molecule has 12 radical (unpaired) electrons. The molecule has 7 aromatic carbocycles. The number of nitrogens with zero attached hydrogens (tertiary/aromatic N) is 31. The van der Waals surface area contributed by atoms with Crippen LogP contribution in [-0.2, 0) is 317 Å². The maximum atomic E-state index is 4.96. The van der Waals surface area contributed by atoms with Gasteiger partial charge in [-0.1, -0.05) is 68.5 Å². The van der Waals surface area contributed by atoms with Crippen LogP contribution in [0, 0.1) is 81.0 Å². The Kier molecular flexibility index (Phi) is 44.3. The fourth-order valence-corrected chi connectivity index (χ4v) is 14.7. The fraction of sp³-hybridized carbons (Fsp3) is 0.0375. The van der Waals surface area contributed by atoms with Gasteiger partial charge in [0.05, 0.1) is 69.2 Å². The summed E-state index contributed by atoms with van der Waals surface area (Å²) >= 11 is 1.81. The van der Waals surface area contributed by atoms with Gasteiger partial charge in [0.15, 0.2) is 0 Å². The summed E-state index contributed by atoms with van der Waals surface area (Å²) in [6, 6.07) is 66.8. The van der Waals surface area contributed by atoms with E-state index in [0.717, 1.165) is 132 Å². The zero-order valence-corrected chi connectivity index (χ0v) is 98.8. The van der Waals surface area contributed by atoms with Gasteiger partial charge in [-0.3, -0.25) is 38.8 Å². The number of thiophene rings is 1. The molecule has 124 heavy (non-hydrogen) atoms. The molecule has 0 aliphatic heterocycles. The second-order valence-corrected chi connectivity index (χ2v) is 25.5. The summed E-state index contributed by atoms with van der Waals surface area (Å²) in [4.78, 5) is 38.0.